The molecule has 0 radical (unpaired) electrons. The van der Waals surface area contributed by atoms with Crippen LogP contribution in [-0.4, -0.2) is 59.2 Å². The SMILES string of the molecule is C[C@H]1CN(c2nccc(-c3cnc4ccc(C(F)(F)F)cn34)n2)C[C@@H](c2nn[nH]n2)O1. The summed E-state index contributed by atoms with van der Waals surface area (Å²) >= 11 is 0. The zero-order valence-electron chi connectivity index (χ0n) is 16.2. The van der Waals surface area contributed by atoms with Crippen LogP contribution in [0.4, 0.5) is 19.1 Å². The highest BCUT2D eigenvalue weighted by molar-refractivity contribution is 5.61. The largest absolute Gasteiger partial charge is 0.417 e. The monoisotopic (exact) mass is 431 g/mol. The maximum absolute atomic E-state index is 13.2. The molecular weight excluding hydrogens is 415 g/mol. The molecule has 1 fully saturated rings. The molecule has 0 aliphatic carbocycles. The minimum Gasteiger partial charge on any atom is -0.363 e. The lowest BCUT2D eigenvalue weighted by atomic mass is 10.2. The Labute approximate surface area is 173 Å². The number of alkyl halides is 3. The van der Waals surface area contributed by atoms with Gasteiger partial charge in [0.1, 0.15) is 11.8 Å². The zero-order chi connectivity index (χ0) is 21.6. The number of imidazole rings is 1. The predicted octanol–water partition coefficient (Wildman–Crippen LogP) is 2.29. The molecule has 0 aromatic carbocycles. The van der Waals surface area contributed by atoms with Gasteiger partial charge in [0.05, 0.1) is 35.8 Å². The van der Waals surface area contributed by atoms with E-state index >= 15 is 0 Å². The van der Waals surface area contributed by atoms with Crippen LogP contribution in [0, 0.1) is 0 Å². The van der Waals surface area contributed by atoms with Crippen LogP contribution in [-0.2, 0) is 10.9 Å². The first-order valence-corrected chi connectivity index (χ1v) is 9.40. The van der Waals surface area contributed by atoms with E-state index in [9.17, 15) is 13.2 Å². The van der Waals surface area contributed by atoms with Crippen molar-refractivity contribution in [3.63, 3.8) is 0 Å². The number of pyridine rings is 1. The number of nitrogens with zero attached hydrogens (tertiary/aromatic N) is 8. The number of halogens is 3. The second kappa shape index (κ2) is 7.27. The van der Waals surface area contributed by atoms with Gasteiger partial charge in [-0.15, -0.1) is 10.2 Å². The summed E-state index contributed by atoms with van der Waals surface area (Å²) in [5.41, 5.74) is 0.506. The van der Waals surface area contributed by atoms with Crippen LogP contribution in [0.1, 0.15) is 24.4 Å². The molecule has 160 valence electrons. The van der Waals surface area contributed by atoms with Crippen molar-refractivity contribution in [3.05, 3.63) is 48.2 Å². The molecule has 0 amide bonds. The summed E-state index contributed by atoms with van der Waals surface area (Å²) in [6.07, 6.45) is -0.947. The normalized spacial score (nSPS) is 19.8. The van der Waals surface area contributed by atoms with Gasteiger partial charge in [-0.2, -0.15) is 18.4 Å². The summed E-state index contributed by atoms with van der Waals surface area (Å²) in [5, 5.41) is 13.9. The molecule has 1 N–H and O–H groups in total. The highest BCUT2D eigenvalue weighted by atomic mass is 19.4. The van der Waals surface area contributed by atoms with Gasteiger partial charge >= 0.3 is 6.18 Å². The third-order valence-electron chi connectivity index (χ3n) is 4.93. The summed E-state index contributed by atoms with van der Waals surface area (Å²) in [5.74, 6) is 0.845. The van der Waals surface area contributed by atoms with E-state index in [1.54, 1.807) is 12.3 Å². The molecule has 4 aromatic rings. The van der Waals surface area contributed by atoms with Crippen LogP contribution in [0.15, 0.2) is 36.8 Å². The summed E-state index contributed by atoms with van der Waals surface area (Å²) < 4.78 is 46.7. The van der Waals surface area contributed by atoms with Gasteiger partial charge in [0, 0.05) is 18.9 Å². The number of rotatable bonds is 3. The van der Waals surface area contributed by atoms with Crippen molar-refractivity contribution in [1.82, 2.24) is 40.0 Å². The molecule has 1 aliphatic rings. The lowest BCUT2D eigenvalue weighted by molar-refractivity contribution is -0.137. The van der Waals surface area contributed by atoms with Crippen molar-refractivity contribution in [2.75, 3.05) is 18.0 Å². The van der Waals surface area contributed by atoms with E-state index in [1.165, 1.54) is 16.7 Å². The molecule has 31 heavy (non-hydrogen) atoms. The van der Waals surface area contributed by atoms with Crippen LogP contribution in [0.25, 0.3) is 17.0 Å². The topological polar surface area (TPSA) is 110 Å². The highest BCUT2D eigenvalue weighted by Crippen LogP contribution is 2.31. The number of ether oxygens (including phenoxy) is 1. The number of hydrogen-bond donors (Lipinski definition) is 1. The molecule has 5 rings (SSSR count). The number of nitrogens with one attached hydrogen (secondary N) is 1. The van der Waals surface area contributed by atoms with Crippen LogP contribution < -0.4 is 4.90 Å². The third kappa shape index (κ3) is 3.67. The van der Waals surface area contributed by atoms with Crippen LogP contribution >= 0.6 is 0 Å². The Morgan fingerprint density at radius 1 is 1.16 bits per heavy atom. The van der Waals surface area contributed by atoms with Gasteiger partial charge in [-0.05, 0) is 25.1 Å². The van der Waals surface area contributed by atoms with E-state index in [2.05, 4.69) is 35.6 Å². The zero-order valence-corrected chi connectivity index (χ0v) is 16.2. The maximum Gasteiger partial charge on any atom is 0.417 e. The molecule has 1 saturated heterocycles. The summed E-state index contributed by atoms with van der Waals surface area (Å²) in [6, 6.07) is 3.96. The van der Waals surface area contributed by atoms with Crippen molar-refractivity contribution < 1.29 is 17.9 Å². The van der Waals surface area contributed by atoms with Gasteiger partial charge in [0.2, 0.25) is 11.8 Å². The van der Waals surface area contributed by atoms with Gasteiger partial charge in [0.15, 0.2) is 0 Å². The second-order valence-electron chi connectivity index (χ2n) is 7.14. The van der Waals surface area contributed by atoms with Crippen molar-refractivity contribution in [2.24, 2.45) is 0 Å². The smallest absolute Gasteiger partial charge is 0.363 e. The minimum absolute atomic E-state index is 0.144. The van der Waals surface area contributed by atoms with Crippen molar-refractivity contribution >= 4 is 11.6 Å². The first-order chi connectivity index (χ1) is 14.9. The lowest BCUT2D eigenvalue weighted by Crippen LogP contribution is -2.44. The molecule has 0 saturated carbocycles. The average molecular weight is 431 g/mol. The molecule has 10 nitrogen and oxygen atoms in total. The molecule has 2 atom stereocenters. The van der Waals surface area contributed by atoms with E-state index in [0.29, 0.717) is 41.9 Å². The number of morpholine rings is 1. The van der Waals surface area contributed by atoms with E-state index in [4.69, 9.17) is 4.74 Å². The number of aromatic amines is 1. The molecule has 0 spiro atoms. The fourth-order valence-corrected chi connectivity index (χ4v) is 3.54. The quantitative estimate of drug-likeness (QED) is 0.526. The Balaban J connectivity index is 1.49. The van der Waals surface area contributed by atoms with Gasteiger partial charge in [-0.25, -0.2) is 15.0 Å². The Kier molecular flexibility index (Phi) is 4.54. The van der Waals surface area contributed by atoms with E-state index in [0.717, 1.165) is 12.3 Å². The average Bonchev–Trinajstić information content (AvgIpc) is 3.42. The molecular formula is C18H16F3N9O. The Hall–Kier alpha value is -3.61. The standard InChI is InChI=1S/C18H16F3N9O/c1-10-7-29(9-14(31-10)16-25-27-28-26-16)17-22-5-4-12(24-17)13-6-23-15-3-2-11(8-30(13)15)18(19,20)21/h2-6,8,10,14H,7,9H2,1H3,(H,25,26,27,28)/t10-,14-/m0/s1. The van der Waals surface area contributed by atoms with Crippen LogP contribution in [0.2, 0.25) is 0 Å². The number of fused-ring (bicyclic) bond motifs is 1. The molecule has 0 unspecified atom stereocenters. The fourth-order valence-electron chi connectivity index (χ4n) is 3.54. The van der Waals surface area contributed by atoms with Crippen molar-refractivity contribution in [1.29, 1.82) is 0 Å². The van der Waals surface area contributed by atoms with E-state index < -0.39 is 17.8 Å². The number of tetrazole rings is 1. The highest BCUT2D eigenvalue weighted by Gasteiger charge is 2.32. The first-order valence-electron chi connectivity index (χ1n) is 9.40. The molecule has 13 heteroatoms. The predicted molar refractivity (Wildman–Crippen MR) is 101 cm³/mol. The third-order valence-corrected chi connectivity index (χ3v) is 4.93. The summed E-state index contributed by atoms with van der Waals surface area (Å²) in [6.45, 7) is 2.84. The Morgan fingerprint density at radius 2 is 2.03 bits per heavy atom. The first kappa shape index (κ1) is 19.4. The molecule has 1 aliphatic heterocycles. The molecule has 0 bridgehead atoms. The van der Waals surface area contributed by atoms with Crippen molar-refractivity contribution in [2.45, 2.75) is 25.3 Å². The van der Waals surface area contributed by atoms with E-state index in [1.807, 2.05) is 11.8 Å². The minimum atomic E-state index is -4.46. The number of hydrogen-bond acceptors (Lipinski definition) is 8. The number of anilines is 1. The van der Waals surface area contributed by atoms with Gasteiger partial charge in [-0.3, -0.25) is 4.40 Å². The fraction of sp³-hybridized carbons (Fsp3) is 0.333. The van der Waals surface area contributed by atoms with Gasteiger partial charge in [-0.1, -0.05) is 5.21 Å². The Bertz CT molecular complexity index is 1210. The Morgan fingerprint density at radius 3 is 2.81 bits per heavy atom. The van der Waals surface area contributed by atoms with Crippen molar-refractivity contribution in [3.8, 4) is 11.4 Å². The molecule has 5 heterocycles. The summed E-state index contributed by atoms with van der Waals surface area (Å²) in [4.78, 5) is 15.0. The molecule has 4 aromatic heterocycles. The maximum atomic E-state index is 13.2. The van der Waals surface area contributed by atoms with Gasteiger partial charge < -0.3 is 9.64 Å². The van der Waals surface area contributed by atoms with E-state index in [-0.39, 0.29) is 6.10 Å². The number of aromatic nitrogens is 8. The lowest BCUT2D eigenvalue weighted by Gasteiger charge is -2.35. The van der Waals surface area contributed by atoms with Crippen LogP contribution in [0.5, 0.6) is 0 Å². The summed E-state index contributed by atoms with van der Waals surface area (Å²) in [7, 11) is 0. The second-order valence-corrected chi connectivity index (χ2v) is 7.14. The van der Waals surface area contributed by atoms with Crippen LogP contribution in [0.3, 0.4) is 0 Å². The number of H-pyrrole nitrogens is 1. The van der Waals surface area contributed by atoms with Gasteiger partial charge in [0.25, 0.3) is 0 Å².